The van der Waals surface area contributed by atoms with Crippen molar-refractivity contribution in [2.45, 2.75) is 31.7 Å². The van der Waals surface area contributed by atoms with Crippen LogP contribution < -0.4 is 5.73 Å². The maximum absolute atomic E-state index is 5.71. The van der Waals surface area contributed by atoms with Crippen LogP contribution in [0.2, 0.25) is 0 Å². The number of aliphatic imine (C=N–C) groups is 1. The van der Waals surface area contributed by atoms with Crippen molar-refractivity contribution in [1.82, 2.24) is 9.97 Å². The number of nitrogens with zero attached hydrogens (tertiary/aromatic N) is 3. The molecule has 0 radical (unpaired) electrons. The van der Waals surface area contributed by atoms with Gasteiger partial charge in [-0.1, -0.05) is 18.2 Å². The summed E-state index contributed by atoms with van der Waals surface area (Å²) in [5, 5.41) is 0. The summed E-state index contributed by atoms with van der Waals surface area (Å²) in [6.07, 6.45) is 6.40. The molecule has 5 heteroatoms. The quantitative estimate of drug-likeness (QED) is 0.873. The number of ether oxygens (including phenoxy) is 1. The molecule has 2 heterocycles. The van der Waals surface area contributed by atoms with Crippen molar-refractivity contribution in [2.24, 2.45) is 10.7 Å². The van der Waals surface area contributed by atoms with Crippen LogP contribution in [0.15, 0.2) is 35.6 Å². The van der Waals surface area contributed by atoms with Crippen LogP contribution in [0.1, 0.15) is 23.2 Å². The van der Waals surface area contributed by atoms with Crippen molar-refractivity contribution in [3.8, 4) is 11.3 Å². The zero-order valence-electron chi connectivity index (χ0n) is 12.5. The lowest BCUT2D eigenvalue weighted by Gasteiger charge is -2.31. The number of nitrogens with two attached hydrogens (primary N) is 1. The van der Waals surface area contributed by atoms with Gasteiger partial charge in [-0.15, -0.1) is 0 Å². The summed E-state index contributed by atoms with van der Waals surface area (Å²) in [4.78, 5) is 13.4. The Balaban J connectivity index is 1.76. The average Bonchev–Trinajstić information content (AvgIpc) is 2.87. The highest BCUT2D eigenvalue weighted by Gasteiger charge is 2.39. The molecule has 2 aliphatic rings. The van der Waals surface area contributed by atoms with Gasteiger partial charge in [-0.25, -0.2) is 9.98 Å². The van der Waals surface area contributed by atoms with Crippen molar-refractivity contribution in [3.05, 3.63) is 47.4 Å². The van der Waals surface area contributed by atoms with Gasteiger partial charge >= 0.3 is 0 Å². The van der Waals surface area contributed by atoms with E-state index in [1.807, 2.05) is 13.1 Å². The first-order valence-electron chi connectivity index (χ1n) is 7.53. The molecule has 1 aliphatic heterocycles. The maximum Gasteiger partial charge on any atom is 0.282 e. The molecule has 1 spiro atoms. The Bertz CT molecular complexity index is 771. The van der Waals surface area contributed by atoms with Crippen LogP contribution in [-0.4, -0.2) is 28.1 Å². The molecule has 0 saturated carbocycles. The SMILES string of the molecule is Cc1cncc(-c2cccc3c2CC[C@@]2(COC(N)=N2)C3)n1. The summed E-state index contributed by atoms with van der Waals surface area (Å²) >= 11 is 0. The minimum absolute atomic E-state index is 0.173. The molecule has 2 N–H and O–H groups in total. The standard InChI is InChI=1S/C17H18N4O/c1-11-8-19-9-15(20-11)14-4-2-3-12-7-17(6-5-13(12)14)10-22-16(18)21-17/h2-4,8-9H,5-7,10H2,1H3,(H2,18,21)/t17-/m0/s1. The van der Waals surface area contributed by atoms with Crippen molar-refractivity contribution in [1.29, 1.82) is 0 Å². The summed E-state index contributed by atoms with van der Waals surface area (Å²) in [6, 6.07) is 6.71. The average molecular weight is 294 g/mol. The van der Waals surface area contributed by atoms with Gasteiger partial charge in [0.1, 0.15) is 12.1 Å². The lowest BCUT2D eigenvalue weighted by Crippen LogP contribution is -2.35. The molecule has 0 unspecified atom stereocenters. The number of benzene rings is 1. The van der Waals surface area contributed by atoms with E-state index in [9.17, 15) is 0 Å². The summed E-state index contributed by atoms with van der Waals surface area (Å²) in [5.41, 5.74) is 11.3. The van der Waals surface area contributed by atoms with Crippen LogP contribution >= 0.6 is 0 Å². The first-order valence-corrected chi connectivity index (χ1v) is 7.53. The predicted molar refractivity (Wildman–Crippen MR) is 84.5 cm³/mol. The van der Waals surface area contributed by atoms with E-state index in [0.29, 0.717) is 12.6 Å². The Morgan fingerprint density at radius 1 is 1.27 bits per heavy atom. The Kier molecular flexibility index (Phi) is 2.89. The summed E-state index contributed by atoms with van der Waals surface area (Å²) in [6.45, 7) is 2.56. The third kappa shape index (κ3) is 2.13. The number of rotatable bonds is 1. The zero-order valence-corrected chi connectivity index (χ0v) is 12.5. The smallest absolute Gasteiger partial charge is 0.282 e. The Morgan fingerprint density at radius 2 is 2.18 bits per heavy atom. The number of aryl methyl sites for hydroxylation is 1. The number of hydrogen-bond donors (Lipinski definition) is 1. The number of amidine groups is 1. The van der Waals surface area contributed by atoms with E-state index in [4.69, 9.17) is 10.5 Å². The molecular weight excluding hydrogens is 276 g/mol. The van der Waals surface area contributed by atoms with Crippen LogP contribution in [0.4, 0.5) is 0 Å². The molecular formula is C17H18N4O. The second-order valence-corrected chi connectivity index (χ2v) is 6.13. The lowest BCUT2D eigenvalue weighted by molar-refractivity contribution is 0.235. The lowest BCUT2D eigenvalue weighted by atomic mass is 9.77. The molecule has 22 heavy (non-hydrogen) atoms. The zero-order chi connectivity index (χ0) is 15.2. The van der Waals surface area contributed by atoms with Crippen molar-refractivity contribution >= 4 is 6.02 Å². The Labute approximate surface area is 129 Å². The molecule has 0 saturated heterocycles. The van der Waals surface area contributed by atoms with Gasteiger partial charge in [-0.2, -0.15) is 0 Å². The molecule has 1 aromatic heterocycles. The molecule has 112 valence electrons. The van der Waals surface area contributed by atoms with Crippen molar-refractivity contribution in [2.75, 3.05) is 6.61 Å². The van der Waals surface area contributed by atoms with Gasteiger partial charge < -0.3 is 10.5 Å². The number of fused-ring (bicyclic) bond motifs is 1. The van der Waals surface area contributed by atoms with E-state index >= 15 is 0 Å². The highest BCUT2D eigenvalue weighted by Crippen LogP contribution is 2.38. The molecule has 1 aromatic carbocycles. The third-order valence-electron chi connectivity index (χ3n) is 4.50. The second-order valence-electron chi connectivity index (χ2n) is 6.13. The van der Waals surface area contributed by atoms with Gasteiger partial charge in [0.15, 0.2) is 0 Å². The van der Waals surface area contributed by atoms with Gasteiger partial charge in [0.05, 0.1) is 17.6 Å². The van der Waals surface area contributed by atoms with Crippen LogP contribution in [0.3, 0.4) is 0 Å². The second kappa shape index (κ2) is 4.80. The first kappa shape index (κ1) is 13.2. The fourth-order valence-corrected chi connectivity index (χ4v) is 3.45. The van der Waals surface area contributed by atoms with E-state index < -0.39 is 0 Å². The van der Waals surface area contributed by atoms with Crippen LogP contribution in [0.25, 0.3) is 11.3 Å². The van der Waals surface area contributed by atoms with E-state index in [0.717, 1.165) is 30.7 Å². The van der Waals surface area contributed by atoms with E-state index in [-0.39, 0.29) is 5.54 Å². The Morgan fingerprint density at radius 3 is 2.95 bits per heavy atom. The first-order chi connectivity index (χ1) is 10.7. The molecule has 5 nitrogen and oxygen atoms in total. The van der Waals surface area contributed by atoms with Gasteiger partial charge in [0, 0.05) is 18.2 Å². The van der Waals surface area contributed by atoms with Gasteiger partial charge in [0.2, 0.25) is 0 Å². The topological polar surface area (TPSA) is 73.4 Å². The normalized spacial score (nSPS) is 23.0. The maximum atomic E-state index is 5.71. The highest BCUT2D eigenvalue weighted by atomic mass is 16.5. The molecule has 1 aliphatic carbocycles. The molecule has 0 amide bonds. The number of hydrogen-bond acceptors (Lipinski definition) is 5. The predicted octanol–water partition coefficient (Wildman–Crippen LogP) is 2.02. The fourth-order valence-electron chi connectivity index (χ4n) is 3.45. The summed E-state index contributed by atoms with van der Waals surface area (Å²) in [7, 11) is 0. The minimum atomic E-state index is -0.173. The number of aromatic nitrogens is 2. The molecule has 1 atom stereocenters. The highest BCUT2D eigenvalue weighted by molar-refractivity contribution is 5.74. The van der Waals surface area contributed by atoms with Crippen LogP contribution in [-0.2, 0) is 17.6 Å². The van der Waals surface area contributed by atoms with Crippen molar-refractivity contribution in [3.63, 3.8) is 0 Å². The molecule has 0 bridgehead atoms. The third-order valence-corrected chi connectivity index (χ3v) is 4.50. The van der Waals surface area contributed by atoms with Gasteiger partial charge in [0.25, 0.3) is 6.02 Å². The summed E-state index contributed by atoms with van der Waals surface area (Å²) < 4.78 is 5.40. The van der Waals surface area contributed by atoms with Gasteiger partial charge in [-0.3, -0.25) is 4.98 Å². The van der Waals surface area contributed by atoms with Crippen LogP contribution in [0.5, 0.6) is 0 Å². The van der Waals surface area contributed by atoms with Crippen LogP contribution in [0, 0.1) is 6.92 Å². The molecule has 0 fully saturated rings. The van der Waals surface area contributed by atoms with E-state index in [1.165, 1.54) is 16.7 Å². The minimum Gasteiger partial charge on any atom is -0.463 e. The molecule has 2 aromatic rings. The largest absolute Gasteiger partial charge is 0.463 e. The van der Waals surface area contributed by atoms with E-state index in [2.05, 4.69) is 33.2 Å². The monoisotopic (exact) mass is 294 g/mol. The fraction of sp³-hybridized carbons (Fsp3) is 0.353. The Hall–Kier alpha value is -2.43. The van der Waals surface area contributed by atoms with Crippen molar-refractivity contribution < 1.29 is 4.74 Å². The van der Waals surface area contributed by atoms with Gasteiger partial charge in [-0.05, 0) is 30.9 Å². The molecule has 4 rings (SSSR count). The summed E-state index contributed by atoms with van der Waals surface area (Å²) in [5.74, 6) is 0. The van der Waals surface area contributed by atoms with E-state index in [1.54, 1.807) is 6.20 Å².